The summed E-state index contributed by atoms with van der Waals surface area (Å²) in [5.74, 6) is 1.12. The van der Waals surface area contributed by atoms with Crippen molar-refractivity contribution < 1.29 is 9.21 Å². The Kier molecular flexibility index (Phi) is 4.04. The summed E-state index contributed by atoms with van der Waals surface area (Å²) in [5, 5.41) is 10.0. The maximum absolute atomic E-state index is 12.5. The van der Waals surface area contributed by atoms with Crippen LogP contribution in [0.25, 0.3) is 17.1 Å². The molecule has 0 aliphatic rings. The molecule has 0 bridgehead atoms. The highest BCUT2D eigenvalue weighted by molar-refractivity contribution is 7.09. The number of hydrogen-bond donors (Lipinski definition) is 1. The molecule has 0 saturated carbocycles. The molecule has 26 heavy (non-hydrogen) atoms. The average molecular weight is 367 g/mol. The molecule has 1 N–H and O–H groups in total. The second-order valence-corrected chi connectivity index (χ2v) is 7.10. The van der Waals surface area contributed by atoms with Gasteiger partial charge in [0.05, 0.1) is 17.7 Å². The number of aryl methyl sites for hydroxylation is 3. The van der Waals surface area contributed by atoms with Crippen molar-refractivity contribution in [2.24, 2.45) is 0 Å². The number of hydrogen-bond acceptors (Lipinski definition) is 6. The van der Waals surface area contributed by atoms with E-state index in [1.165, 1.54) is 6.20 Å². The molecule has 4 heterocycles. The van der Waals surface area contributed by atoms with Crippen LogP contribution in [0.4, 0.5) is 0 Å². The van der Waals surface area contributed by atoms with Gasteiger partial charge in [0.2, 0.25) is 0 Å². The molecule has 0 aliphatic heterocycles. The predicted molar refractivity (Wildman–Crippen MR) is 98.2 cm³/mol. The summed E-state index contributed by atoms with van der Waals surface area (Å²) in [6.07, 6.45) is 1.54. The van der Waals surface area contributed by atoms with Crippen molar-refractivity contribution >= 4 is 22.9 Å². The predicted octanol–water partition coefficient (Wildman–Crippen LogP) is 3.30. The number of furan rings is 1. The number of nitrogens with one attached hydrogen (secondary N) is 1. The highest BCUT2D eigenvalue weighted by Gasteiger charge is 2.16. The van der Waals surface area contributed by atoms with Gasteiger partial charge >= 0.3 is 0 Å². The van der Waals surface area contributed by atoms with E-state index >= 15 is 0 Å². The van der Waals surface area contributed by atoms with Crippen molar-refractivity contribution in [2.45, 2.75) is 27.3 Å². The number of rotatable bonds is 4. The number of nitrogens with zero attached hydrogens (tertiary/aromatic N) is 4. The van der Waals surface area contributed by atoms with E-state index in [1.807, 2.05) is 44.4 Å². The molecule has 0 radical (unpaired) electrons. The number of aromatic nitrogens is 4. The molecule has 0 fully saturated rings. The summed E-state index contributed by atoms with van der Waals surface area (Å²) < 4.78 is 7.43. The second-order valence-electron chi connectivity index (χ2n) is 6.03. The molecule has 1 amide bonds. The second kappa shape index (κ2) is 6.38. The fraction of sp³-hybridized carbons (Fsp3) is 0.222. The zero-order chi connectivity index (χ0) is 18.3. The van der Waals surface area contributed by atoms with Gasteiger partial charge in [-0.2, -0.15) is 5.10 Å². The number of amides is 1. The minimum atomic E-state index is -0.236. The van der Waals surface area contributed by atoms with Crippen molar-refractivity contribution in [3.63, 3.8) is 0 Å². The van der Waals surface area contributed by atoms with Crippen LogP contribution in [0.15, 0.2) is 34.2 Å². The molecule has 0 spiro atoms. The van der Waals surface area contributed by atoms with Crippen LogP contribution < -0.4 is 5.32 Å². The summed E-state index contributed by atoms with van der Waals surface area (Å²) in [7, 11) is 0. The van der Waals surface area contributed by atoms with Crippen LogP contribution in [-0.4, -0.2) is 25.5 Å². The molecule has 132 valence electrons. The van der Waals surface area contributed by atoms with Crippen LogP contribution in [0.2, 0.25) is 0 Å². The number of thiazole rings is 1. The van der Waals surface area contributed by atoms with E-state index in [-0.39, 0.29) is 12.5 Å². The van der Waals surface area contributed by atoms with Gasteiger partial charge in [0.1, 0.15) is 17.0 Å². The zero-order valence-corrected chi connectivity index (χ0v) is 15.4. The fourth-order valence-corrected chi connectivity index (χ4v) is 3.38. The standard InChI is InChI=1S/C18H17N5O2S/c1-10-6-11(2)23-17(21-10)14(8-20-23)18(24)19-7-13-4-5-16(25-13)15-9-26-12(3)22-15/h4-6,8-9H,7H2,1-3H3,(H,19,24). The van der Waals surface area contributed by atoms with Crippen LogP contribution in [0.5, 0.6) is 0 Å². The minimum absolute atomic E-state index is 0.236. The molecule has 0 unspecified atom stereocenters. The van der Waals surface area contributed by atoms with Gasteiger partial charge < -0.3 is 9.73 Å². The normalized spacial score (nSPS) is 11.2. The first-order valence-electron chi connectivity index (χ1n) is 8.12. The summed E-state index contributed by atoms with van der Waals surface area (Å²) in [6, 6.07) is 5.62. The zero-order valence-electron chi connectivity index (χ0n) is 14.6. The van der Waals surface area contributed by atoms with E-state index in [9.17, 15) is 4.79 Å². The summed E-state index contributed by atoms with van der Waals surface area (Å²) in [5.41, 5.74) is 3.58. The topological polar surface area (TPSA) is 85.3 Å². The quantitative estimate of drug-likeness (QED) is 0.598. The Hall–Kier alpha value is -3.00. The Balaban J connectivity index is 1.50. The highest BCUT2D eigenvalue weighted by Crippen LogP contribution is 2.23. The molecule has 4 aromatic heterocycles. The molecular weight excluding hydrogens is 350 g/mol. The molecule has 0 aromatic carbocycles. The van der Waals surface area contributed by atoms with Gasteiger partial charge in [-0.15, -0.1) is 11.3 Å². The van der Waals surface area contributed by atoms with Gasteiger partial charge in [-0.3, -0.25) is 4.79 Å². The number of carbonyl (C=O) groups excluding carboxylic acids is 1. The number of fused-ring (bicyclic) bond motifs is 1. The smallest absolute Gasteiger partial charge is 0.257 e. The monoisotopic (exact) mass is 367 g/mol. The van der Waals surface area contributed by atoms with E-state index in [0.29, 0.717) is 22.7 Å². The Bertz CT molecular complexity index is 1110. The van der Waals surface area contributed by atoms with Crippen LogP contribution in [-0.2, 0) is 6.54 Å². The molecule has 0 atom stereocenters. The Morgan fingerprint density at radius 1 is 1.27 bits per heavy atom. The third-order valence-corrected chi connectivity index (χ3v) is 4.75. The lowest BCUT2D eigenvalue weighted by Gasteiger charge is -2.03. The third kappa shape index (κ3) is 2.99. The van der Waals surface area contributed by atoms with Crippen LogP contribution in [0, 0.1) is 20.8 Å². The average Bonchev–Trinajstić information content (AvgIpc) is 3.31. The van der Waals surface area contributed by atoms with Gasteiger partial charge in [-0.1, -0.05) is 0 Å². The largest absolute Gasteiger partial charge is 0.458 e. The molecule has 4 rings (SSSR count). The third-order valence-electron chi connectivity index (χ3n) is 3.98. The van der Waals surface area contributed by atoms with Crippen LogP contribution in [0.3, 0.4) is 0 Å². The summed E-state index contributed by atoms with van der Waals surface area (Å²) >= 11 is 1.57. The molecule has 4 aromatic rings. The van der Waals surface area contributed by atoms with Crippen molar-refractivity contribution in [2.75, 3.05) is 0 Å². The summed E-state index contributed by atoms with van der Waals surface area (Å²) in [4.78, 5) is 21.4. The lowest BCUT2D eigenvalue weighted by Crippen LogP contribution is -2.22. The lowest BCUT2D eigenvalue weighted by atomic mass is 10.3. The van der Waals surface area contributed by atoms with Crippen LogP contribution >= 0.6 is 11.3 Å². The van der Waals surface area contributed by atoms with E-state index in [1.54, 1.807) is 15.9 Å². The molecular formula is C18H17N5O2S. The maximum atomic E-state index is 12.5. The van der Waals surface area contributed by atoms with Crippen molar-refractivity contribution in [3.8, 4) is 11.5 Å². The van der Waals surface area contributed by atoms with E-state index < -0.39 is 0 Å². The van der Waals surface area contributed by atoms with Gasteiger partial charge in [-0.05, 0) is 39.0 Å². The van der Waals surface area contributed by atoms with Crippen molar-refractivity contribution in [1.29, 1.82) is 0 Å². The van der Waals surface area contributed by atoms with Gasteiger partial charge in [0.25, 0.3) is 5.91 Å². The lowest BCUT2D eigenvalue weighted by molar-refractivity contribution is 0.0949. The maximum Gasteiger partial charge on any atom is 0.257 e. The Morgan fingerprint density at radius 3 is 2.88 bits per heavy atom. The molecule has 0 saturated heterocycles. The first-order valence-corrected chi connectivity index (χ1v) is 9.00. The van der Waals surface area contributed by atoms with Crippen molar-refractivity contribution in [1.82, 2.24) is 24.9 Å². The Labute approximate surface area is 153 Å². The molecule has 8 heteroatoms. The van der Waals surface area contributed by atoms with E-state index in [0.717, 1.165) is 22.1 Å². The van der Waals surface area contributed by atoms with Gasteiger partial charge in [0.15, 0.2) is 11.4 Å². The van der Waals surface area contributed by atoms with E-state index in [4.69, 9.17) is 4.42 Å². The Morgan fingerprint density at radius 2 is 2.12 bits per heavy atom. The minimum Gasteiger partial charge on any atom is -0.458 e. The van der Waals surface area contributed by atoms with Gasteiger partial charge in [0, 0.05) is 16.8 Å². The first-order chi connectivity index (χ1) is 12.5. The van der Waals surface area contributed by atoms with Crippen molar-refractivity contribution in [3.05, 3.63) is 57.5 Å². The highest BCUT2D eigenvalue weighted by atomic mass is 32.1. The molecule has 0 aliphatic carbocycles. The number of carbonyl (C=O) groups is 1. The fourth-order valence-electron chi connectivity index (χ4n) is 2.78. The van der Waals surface area contributed by atoms with Crippen LogP contribution in [0.1, 0.15) is 32.5 Å². The first kappa shape index (κ1) is 16.5. The van der Waals surface area contributed by atoms with Gasteiger partial charge in [-0.25, -0.2) is 14.5 Å². The molecule has 7 nitrogen and oxygen atoms in total. The summed E-state index contributed by atoms with van der Waals surface area (Å²) in [6.45, 7) is 6.06. The van der Waals surface area contributed by atoms with E-state index in [2.05, 4.69) is 20.4 Å². The SMILES string of the molecule is Cc1cc(C)n2ncc(C(=O)NCc3ccc(-c4csc(C)n4)o3)c2n1.